The van der Waals surface area contributed by atoms with E-state index in [9.17, 15) is 4.79 Å². The Morgan fingerprint density at radius 2 is 2.00 bits per heavy atom. The monoisotopic (exact) mass is 250 g/mol. The molecule has 1 rings (SSSR count). The first-order chi connectivity index (χ1) is 8.31. The molecule has 18 heavy (non-hydrogen) atoms. The summed E-state index contributed by atoms with van der Waals surface area (Å²) >= 11 is 0. The molecule has 2 N–H and O–H groups in total. The van der Waals surface area contributed by atoms with Gasteiger partial charge in [-0.3, -0.25) is 4.79 Å². The molecule has 0 aliphatic heterocycles. The summed E-state index contributed by atoms with van der Waals surface area (Å²) in [6.45, 7) is 8.32. The molecule has 0 heterocycles. The van der Waals surface area contributed by atoms with Gasteiger partial charge in [0.25, 0.3) is 0 Å². The number of carbonyl (C=O) groups excluding carboxylic acids is 1. The predicted octanol–water partition coefficient (Wildman–Crippen LogP) is 2.33. The van der Waals surface area contributed by atoms with Crippen molar-refractivity contribution in [1.29, 1.82) is 0 Å². The largest absolute Gasteiger partial charge is 0.497 e. The molecule has 4 nitrogen and oxygen atoms in total. The van der Waals surface area contributed by atoms with Crippen molar-refractivity contribution in [3.8, 4) is 5.75 Å². The lowest BCUT2D eigenvalue weighted by molar-refractivity contribution is -0.115. The van der Waals surface area contributed by atoms with E-state index in [2.05, 4.69) is 10.6 Å². The molecule has 0 aliphatic carbocycles. The molecule has 1 amide bonds. The molecule has 0 fully saturated rings. The third-order valence-corrected chi connectivity index (χ3v) is 2.49. The lowest BCUT2D eigenvalue weighted by atomic mass is 10.1. The fourth-order valence-corrected chi connectivity index (χ4v) is 1.44. The van der Waals surface area contributed by atoms with Gasteiger partial charge in [-0.05, 0) is 51.5 Å². The first-order valence-corrected chi connectivity index (χ1v) is 6.01. The molecule has 0 unspecified atom stereocenters. The first kappa shape index (κ1) is 14.5. The molecule has 1 aromatic carbocycles. The van der Waals surface area contributed by atoms with Crippen molar-refractivity contribution < 1.29 is 9.53 Å². The van der Waals surface area contributed by atoms with Crippen LogP contribution in [0, 0.1) is 6.92 Å². The maximum Gasteiger partial charge on any atom is 0.238 e. The molecule has 0 radical (unpaired) electrons. The van der Waals surface area contributed by atoms with Crippen molar-refractivity contribution in [3.05, 3.63) is 23.8 Å². The highest BCUT2D eigenvalue weighted by atomic mass is 16.5. The van der Waals surface area contributed by atoms with E-state index < -0.39 is 0 Å². The summed E-state index contributed by atoms with van der Waals surface area (Å²) in [5.74, 6) is 0.747. The Morgan fingerprint density at radius 1 is 1.33 bits per heavy atom. The van der Waals surface area contributed by atoms with Gasteiger partial charge in [0.2, 0.25) is 5.91 Å². The number of ether oxygens (including phenoxy) is 1. The van der Waals surface area contributed by atoms with Gasteiger partial charge < -0.3 is 15.4 Å². The number of methoxy groups -OCH3 is 1. The van der Waals surface area contributed by atoms with Crippen LogP contribution in [0.5, 0.6) is 5.75 Å². The molecule has 0 bridgehead atoms. The SMILES string of the molecule is COc1ccc(NC(=O)CNC(C)(C)C)c(C)c1. The maximum atomic E-state index is 11.8. The van der Waals surface area contributed by atoms with Crippen molar-refractivity contribution in [2.24, 2.45) is 0 Å². The minimum atomic E-state index is -0.0632. The number of benzene rings is 1. The van der Waals surface area contributed by atoms with Crippen LogP contribution in [0.1, 0.15) is 26.3 Å². The fraction of sp³-hybridized carbons (Fsp3) is 0.500. The molecule has 0 saturated heterocycles. The van der Waals surface area contributed by atoms with Gasteiger partial charge in [-0.2, -0.15) is 0 Å². The van der Waals surface area contributed by atoms with Gasteiger partial charge in [-0.1, -0.05) is 0 Å². The topological polar surface area (TPSA) is 50.4 Å². The number of amides is 1. The minimum absolute atomic E-state index is 0.0433. The summed E-state index contributed by atoms with van der Waals surface area (Å²) in [7, 11) is 1.63. The zero-order valence-electron chi connectivity index (χ0n) is 11.8. The predicted molar refractivity (Wildman–Crippen MR) is 74.1 cm³/mol. The number of rotatable bonds is 4. The summed E-state index contributed by atoms with van der Waals surface area (Å²) in [6, 6.07) is 5.58. The van der Waals surface area contributed by atoms with Crippen LogP contribution in [0.3, 0.4) is 0 Å². The van der Waals surface area contributed by atoms with E-state index in [4.69, 9.17) is 4.74 Å². The van der Waals surface area contributed by atoms with Gasteiger partial charge in [-0.25, -0.2) is 0 Å². The minimum Gasteiger partial charge on any atom is -0.497 e. The average Bonchev–Trinajstić information content (AvgIpc) is 2.28. The van der Waals surface area contributed by atoms with E-state index in [1.54, 1.807) is 7.11 Å². The van der Waals surface area contributed by atoms with Crippen molar-refractivity contribution in [3.63, 3.8) is 0 Å². The summed E-state index contributed by atoms with van der Waals surface area (Å²) < 4.78 is 5.12. The molecule has 4 heteroatoms. The Hall–Kier alpha value is -1.55. The van der Waals surface area contributed by atoms with Gasteiger partial charge in [0.15, 0.2) is 0 Å². The summed E-state index contributed by atoms with van der Waals surface area (Å²) in [4.78, 5) is 11.8. The Labute approximate surface area is 109 Å². The van der Waals surface area contributed by atoms with Crippen LogP contribution in [0.4, 0.5) is 5.69 Å². The Kier molecular flexibility index (Phi) is 4.73. The van der Waals surface area contributed by atoms with Crippen LogP contribution < -0.4 is 15.4 Å². The smallest absolute Gasteiger partial charge is 0.238 e. The van der Waals surface area contributed by atoms with Gasteiger partial charge in [0.1, 0.15) is 5.75 Å². The summed E-state index contributed by atoms with van der Waals surface area (Å²) in [5.41, 5.74) is 1.74. The van der Waals surface area contributed by atoms with Crippen molar-refractivity contribution in [2.75, 3.05) is 19.0 Å². The number of aryl methyl sites for hydroxylation is 1. The van der Waals surface area contributed by atoms with Crippen LogP contribution in [-0.4, -0.2) is 25.1 Å². The first-order valence-electron chi connectivity index (χ1n) is 6.01. The van der Waals surface area contributed by atoms with Crippen LogP contribution in [0.15, 0.2) is 18.2 Å². The van der Waals surface area contributed by atoms with Gasteiger partial charge in [0.05, 0.1) is 13.7 Å². The van der Waals surface area contributed by atoms with Crippen molar-refractivity contribution in [1.82, 2.24) is 5.32 Å². The number of carbonyl (C=O) groups is 1. The number of anilines is 1. The highest BCUT2D eigenvalue weighted by Gasteiger charge is 2.12. The van der Waals surface area contributed by atoms with E-state index in [0.29, 0.717) is 6.54 Å². The third kappa shape index (κ3) is 4.75. The Balaban J connectivity index is 2.59. The molecule has 0 aromatic heterocycles. The summed E-state index contributed by atoms with van der Waals surface area (Å²) in [5, 5.41) is 6.02. The van der Waals surface area contributed by atoms with Crippen LogP contribution in [0.2, 0.25) is 0 Å². The van der Waals surface area contributed by atoms with E-state index in [1.807, 2.05) is 45.9 Å². The van der Waals surface area contributed by atoms with Gasteiger partial charge in [0, 0.05) is 11.2 Å². The lowest BCUT2D eigenvalue weighted by Gasteiger charge is -2.20. The van der Waals surface area contributed by atoms with Crippen LogP contribution in [-0.2, 0) is 4.79 Å². The fourth-order valence-electron chi connectivity index (χ4n) is 1.44. The molecule has 0 aliphatic rings. The molecule has 0 spiro atoms. The zero-order valence-corrected chi connectivity index (χ0v) is 11.8. The van der Waals surface area contributed by atoms with Gasteiger partial charge in [-0.15, -0.1) is 0 Å². The standard InChI is InChI=1S/C14H22N2O2/c1-10-8-11(18-5)6-7-12(10)16-13(17)9-15-14(2,3)4/h6-8,15H,9H2,1-5H3,(H,16,17). The van der Waals surface area contributed by atoms with Crippen molar-refractivity contribution in [2.45, 2.75) is 33.2 Å². The number of hydrogen-bond acceptors (Lipinski definition) is 3. The number of nitrogens with one attached hydrogen (secondary N) is 2. The Morgan fingerprint density at radius 3 is 2.50 bits per heavy atom. The quantitative estimate of drug-likeness (QED) is 0.862. The second-order valence-corrected chi connectivity index (χ2v) is 5.33. The molecular weight excluding hydrogens is 228 g/mol. The molecule has 0 atom stereocenters. The normalized spacial score (nSPS) is 11.2. The zero-order chi connectivity index (χ0) is 13.8. The molecular formula is C14H22N2O2. The highest BCUT2D eigenvalue weighted by Crippen LogP contribution is 2.20. The highest BCUT2D eigenvalue weighted by molar-refractivity contribution is 5.93. The third-order valence-electron chi connectivity index (χ3n) is 2.49. The average molecular weight is 250 g/mol. The number of hydrogen-bond donors (Lipinski definition) is 2. The van der Waals surface area contributed by atoms with E-state index in [-0.39, 0.29) is 11.4 Å². The van der Waals surface area contributed by atoms with E-state index >= 15 is 0 Å². The molecule has 100 valence electrons. The van der Waals surface area contributed by atoms with Crippen LogP contribution in [0.25, 0.3) is 0 Å². The van der Waals surface area contributed by atoms with E-state index in [1.165, 1.54) is 0 Å². The van der Waals surface area contributed by atoms with Gasteiger partial charge >= 0.3 is 0 Å². The molecule has 1 aromatic rings. The van der Waals surface area contributed by atoms with E-state index in [0.717, 1.165) is 17.0 Å². The van der Waals surface area contributed by atoms with Crippen LogP contribution >= 0.6 is 0 Å². The second kappa shape index (κ2) is 5.87. The summed E-state index contributed by atoms with van der Waals surface area (Å²) in [6.07, 6.45) is 0. The Bertz CT molecular complexity index is 422. The molecule has 0 saturated carbocycles. The van der Waals surface area contributed by atoms with Crippen molar-refractivity contribution >= 4 is 11.6 Å². The maximum absolute atomic E-state index is 11.8. The second-order valence-electron chi connectivity index (χ2n) is 5.33. The lowest BCUT2D eigenvalue weighted by Crippen LogP contribution is -2.41.